The Hall–Kier alpha value is -3.03. The Bertz CT molecular complexity index is 1040. The molecular formula is C23H27N5OS. The van der Waals surface area contributed by atoms with Crippen molar-refractivity contribution in [1.82, 2.24) is 19.9 Å². The van der Waals surface area contributed by atoms with Crippen LogP contribution in [0.1, 0.15) is 37.4 Å². The van der Waals surface area contributed by atoms with Crippen molar-refractivity contribution in [3.63, 3.8) is 0 Å². The number of nitrogens with zero attached hydrogens (tertiary/aromatic N) is 3. The number of carbonyl (C=O) groups excluding carboxylic acids is 1. The Kier molecular flexibility index (Phi) is 7.32. The number of anilines is 1. The third-order valence-corrected chi connectivity index (χ3v) is 5.38. The first-order valence-corrected chi connectivity index (χ1v) is 10.5. The summed E-state index contributed by atoms with van der Waals surface area (Å²) in [5, 5.41) is 0. The molecule has 30 heavy (non-hydrogen) atoms. The first-order valence-electron chi connectivity index (χ1n) is 10.1. The van der Waals surface area contributed by atoms with Crippen LogP contribution >= 0.6 is 12.2 Å². The van der Waals surface area contributed by atoms with Gasteiger partial charge in [0, 0.05) is 31.3 Å². The predicted molar refractivity (Wildman–Crippen MR) is 123 cm³/mol. The minimum Gasteiger partial charge on any atom is -0.317 e. The molecule has 0 radical (unpaired) electrons. The molecule has 2 aliphatic rings. The molecule has 4 rings (SSSR count). The van der Waals surface area contributed by atoms with Crippen LogP contribution in [0, 0.1) is 4.64 Å². The molecule has 1 aromatic carbocycles. The van der Waals surface area contributed by atoms with Gasteiger partial charge in [0.15, 0.2) is 0 Å². The molecule has 1 aliphatic carbocycles. The molecule has 2 heterocycles. The molecule has 1 amide bonds. The standard InChI is InChI=1S/C21H21N5OS.C2H6/c1-25(16-11-7-2-3-8-12-16)20(27)18(15-9-5-4-6-10-15)26-14-22-19-17(21(26)28)13-23-24-19;1-2/h2-11,14,18,23-24H,12-13H2,1H3;1-2H3. The molecule has 6 nitrogen and oxygen atoms in total. The molecule has 0 fully saturated rings. The monoisotopic (exact) mass is 421 g/mol. The summed E-state index contributed by atoms with van der Waals surface area (Å²) < 4.78 is 2.40. The zero-order valence-electron chi connectivity index (χ0n) is 17.5. The van der Waals surface area contributed by atoms with Crippen LogP contribution < -0.4 is 10.9 Å². The molecule has 1 unspecified atom stereocenters. The predicted octanol–water partition coefficient (Wildman–Crippen LogP) is 4.52. The quantitative estimate of drug-likeness (QED) is 0.711. The topological polar surface area (TPSA) is 62.2 Å². The van der Waals surface area contributed by atoms with Crippen molar-refractivity contribution >= 4 is 23.9 Å². The first-order chi connectivity index (χ1) is 14.7. The maximum absolute atomic E-state index is 13.6. The van der Waals surface area contributed by atoms with Crippen molar-refractivity contribution < 1.29 is 4.79 Å². The minimum absolute atomic E-state index is 0.0575. The van der Waals surface area contributed by atoms with Crippen molar-refractivity contribution in [2.45, 2.75) is 32.9 Å². The van der Waals surface area contributed by atoms with Gasteiger partial charge in [0.1, 0.15) is 16.5 Å². The Morgan fingerprint density at radius 3 is 2.73 bits per heavy atom. The second-order valence-corrected chi connectivity index (χ2v) is 7.04. The van der Waals surface area contributed by atoms with Crippen molar-refractivity contribution in [3.05, 3.63) is 88.5 Å². The Morgan fingerprint density at radius 1 is 1.20 bits per heavy atom. The molecule has 1 atom stereocenters. The van der Waals surface area contributed by atoms with Crippen LogP contribution in [-0.4, -0.2) is 27.4 Å². The second-order valence-electron chi connectivity index (χ2n) is 6.65. The van der Waals surface area contributed by atoms with Gasteiger partial charge < -0.3 is 14.9 Å². The van der Waals surface area contributed by atoms with Gasteiger partial charge >= 0.3 is 0 Å². The summed E-state index contributed by atoms with van der Waals surface area (Å²) in [5.41, 5.74) is 8.73. The lowest BCUT2D eigenvalue weighted by molar-refractivity contribution is -0.130. The summed E-state index contributed by atoms with van der Waals surface area (Å²) in [4.78, 5) is 19.8. The maximum atomic E-state index is 13.6. The average Bonchev–Trinajstić information content (AvgIpc) is 3.11. The van der Waals surface area contributed by atoms with E-state index in [0.717, 1.165) is 22.6 Å². The molecule has 7 heteroatoms. The van der Waals surface area contributed by atoms with Gasteiger partial charge in [0.25, 0.3) is 5.91 Å². The van der Waals surface area contributed by atoms with Crippen LogP contribution in [0.2, 0.25) is 0 Å². The van der Waals surface area contributed by atoms with Gasteiger partial charge in [-0.15, -0.1) is 0 Å². The number of hydrogen-bond acceptors (Lipinski definition) is 5. The highest BCUT2D eigenvalue weighted by Gasteiger charge is 2.29. The Balaban J connectivity index is 0.00000124. The number of hydrazine groups is 1. The van der Waals surface area contributed by atoms with E-state index in [1.807, 2.05) is 81.6 Å². The van der Waals surface area contributed by atoms with Crippen molar-refractivity contribution in [3.8, 4) is 0 Å². The third kappa shape index (κ3) is 4.42. The van der Waals surface area contributed by atoms with E-state index in [1.165, 1.54) is 0 Å². The van der Waals surface area contributed by atoms with Crippen LogP contribution in [0.4, 0.5) is 5.82 Å². The van der Waals surface area contributed by atoms with E-state index in [2.05, 4.69) is 15.8 Å². The lowest BCUT2D eigenvalue weighted by Crippen LogP contribution is -2.35. The van der Waals surface area contributed by atoms with E-state index in [4.69, 9.17) is 12.2 Å². The molecular weight excluding hydrogens is 394 g/mol. The number of amides is 1. The third-order valence-electron chi connectivity index (χ3n) is 4.92. The minimum atomic E-state index is -0.589. The Morgan fingerprint density at radius 2 is 1.97 bits per heavy atom. The molecule has 1 aromatic heterocycles. The van der Waals surface area contributed by atoms with Crippen LogP contribution in [-0.2, 0) is 11.3 Å². The van der Waals surface area contributed by atoms with Gasteiger partial charge in [-0.25, -0.2) is 10.4 Å². The summed E-state index contributed by atoms with van der Waals surface area (Å²) in [7, 11) is 1.81. The number of carbonyl (C=O) groups is 1. The molecule has 2 aromatic rings. The molecule has 2 N–H and O–H groups in total. The molecule has 1 aliphatic heterocycles. The lowest BCUT2D eigenvalue weighted by Gasteiger charge is -2.27. The van der Waals surface area contributed by atoms with E-state index >= 15 is 0 Å². The highest BCUT2D eigenvalue weighted by Crippen LogP contribution is 2.27. The molecule has 0 spiro atoms. The van der Waals surface area contributed by atoms with Crippen molar-refractivity contribution in [2.24, 2.45) is 0 Å². The summed E-state index contributed by atoms with van der Waals surface area (Å²) in [6.45, 7) is 4.58. The normalized spacial score (nSPS) is 15.1. The summed E-state index contributed by atoms with van der Waals surface area (Å²) in [5.74, 6) is 0.661. The molecule has 156 valence electrons. The smallest absolute Gasteiger partial charge is 0.254 e. The van der Waals surface area contributed by atoms with E-state index < -0.39 is 6.04 Å². The van der Waals surface area contributed by atoms with Crippen molar-refractivity contribution in [2.75, 3.05) is 12.5 Å². The van der Waals surface area contributed by atoms with Crippen LogP contribution in [0.5, 0.6) is 0 Å². The summed E-state index contributed by atoms with van der Waals surface area (Å²) in [6.07, 6.45) is 12.2. The van der Waals surface area contributed by atoms with Crippen molar-refractivity contribution in [1.29, 1.82) is 0 Å². The number of rotatable bonds is 4. The highest BCUT2D eigenvalue weighted by molar-refractivity contribution is 7.71. The number of fused-ring (bicyclic) bond motifs is 1. The summed E-state index contributed by atoms with van der Waals surface area (Å²) in [6, 6.07) is 9.10. The van der Waals surface area contributed by atoms with Gasteiger partial charge in [-0.05, 0) is 11.6 Å². The first kappa shape index (κ1) is 21.7. The molecule has 0 saturated heterocycles. The summed E-state index contributed by atoms with van der Waals surface area (Å²) >= 11 is 5.71. The second kappa shape index (κ2) is 10.1. The van der Waals surface area contributed by atoms with E-state index in [9.17, 15) is 4.79 Å². The number of aromatic nitrogens is 2. The fraction of sp³-hybridized carbons (Fsp3) is 0.261. The van der Waals surface area contributed by atoms with Gasteiger partial charge in [-0.1, -0.05) is 80.7 Å². The zero-order valence-corrected chi connectivity index (χ0v) is 18.3. The number of likely N-dealkylation sites (N-methyl/N-ethyl adjacent to an activating group) is 1. The number of nitrogens with one attached hydrogen (secondary N) is 2. The van der Waals surface area contributed by atoms with Crippen LogP contribution in [0.15, 0.2) is 72.7 Å². The Labute approximate surface area is 182 Å². The molecule has 0 bridgehead atoms. The average molecular weight is 422 g/mol. The number of benzene rings is 1. The van der Waals surface area contributed by atoms with E-state index in [-0.39, 0.29) is 5.91 Å². The van der Waals surface area contributed by atoms with Gasteiger partial charge in [0.2, 0.25) is 0 Å². The zero-order chi connectivity index (χ0) is 21.5. The van der Waals surface area contributed by atoms with Crippen LogP contribution in [0.3, 0.4) is 0 Å². The van der Waals surface area contributed by atoms with E-state index in [1.54, 1.807) is 15.8 Å². The van der Waals surface area contributed by atoms with E-state index in [0.29, 0.717) is 17.6 Å². The number of allylic oxidation sites excluding steroid dienone is 5. The van der Waals surface area contributed by atoms with Gasteiger partial charge in [0.05, 0.1) is 6.33 Å². The molecule has 0 saturated carbocycles. The fourth-order valence-corrected chi connectivity index (χ4v) is 3.69. The fourth-order valence-electron chi connectivity index (χ4n) is 3.37. The van der Waals surface area contributed by atoms with Crippen LogP contribution in [0.25, 0.3) is 0 Å². The lowest BCUT2D eigenvalue weighted by atomic mass is 10.0. The van der Waals surface area contributed by atoms with Gasteiger partial charge in [-0.3, -0.25) is 4.79 Å². The largest absolute Gasteiger partial charge is 0.317 e. The SMILES string of the molecule is CC.CN(C(=O)C(c1ccccc1)n1cnc2c(c1=S)CNN2)C1=CC=CC=CC1. The maximum Gasteiger partial charge on any atom is 0.254 e. The highest BCUT2D eigenvalue weighted by atomic mass is 32.1. The number of hydrogen-bond donors (Lipinski definition) is 2. The van der Waals surface area contributed by atoms with Gasteiger partial charge in [-0.2, -0.15) is 0 Å².